The molecule has 0 amide bonds. The molecule has 2 aromatic rings. The van der Waals surface area contributed by atoms with Crippen molar-refractivity contribution in [3.63, 3.8) is 0 Å². The molecule has 0 heterocycles. The summed E-state index contributed by atoms with van der Waals surface area (Å²) in [6.07, 6.45) is 1.06. The van der Waals surface area contributed by atoms with Gasteiger partial charge in [-0.15, -0.1) is 0 Å². The molecular weight excluding hydrogens is 326 g/mol. The molecule has 0 aliphatic carbocycles. The zero-order valence-corrected chi connectivity index (χ0v) is 14.4. The summed E-state index contributed by atoms with van der Waals surface area (Å²) < 4.78 is 6.45. The lowest BCUT2D eigenvalue weighted by Gasteiger charge is -2.21. The van der Waals surface area contributed by atoms with Gasteiger partial charge in [0.2, 0.25) is 0 Å². The number of halogens is 1. The van der Waals surface area contributed by atoms with Crippen molar-refractivity contribution in [3.05, 3.63) is 63.6 Å². The van der Waals surface area contributed by atoms with Gasteiger partial charge in [0.15, 0.2) is 0 Å². The van der Waals surface area contributed by atoms with Gasteiger partial charge in [-0.3, -0.25) is 0 Å². The Morgan fingerprint density at radius 2 is 1.81 bits per heavy atom. The van der Waals surface area contributed by atoms with Crippen LogP contribution in [0.4, 0.5) is 0 Å². The molecule has 0 aromatic heterocycles. The van der Waals surface area contributed by atoms with E-state index in [9.17, 15) is 0 Å². The molecule has 1 N–H and O–H groups in total. The number of nitrogens with one attached hydrogen (secondary N) is 1. The summed E-state index contributed by atoms with van der Waals surface area (Å²) in [5.41, 5.74) is 3.82. The molecule has 21 heavy (non-hydrogen) atoms. The predicted molar refractivity (Wildman–Crippen MR) is 92.0 cm³/mol. The molecule has 0 aliphatic rings. The first kappa shape index (κ1) is 16.1. The summed E-state index contributed by atoms with van der Waals surface area (Å²) in [5.74, 6) is 0.876. The van der Waals surface area contributed by atoms with Gasteiger partial charge in [-0.05, 0) is 47.9 Å². The fourth-order valence-electron chi connectivity index (χ4n) is 2.43. The minimum absolute atomic E-state index is 0.158. The van der Waals surface area contributed by atoms with E-state index in [0.29, 0.717) is 0 Å². The first-order valence-corrected chi connectivity index (χ1v) is 8.14. The fourth-order valence-corrected chi connectivity index (χ4v) is 2.90. The molecule has 0 radical (unpaired) electrons. The van der Waals surface area contributed by atoms with E-state index in [2.05, 4.69) is 65.4 Å². The van der Waals surface area contributed by atoms with E-state index in [1.807, 2.05) is 12.1 Å². The number of aryl methyl sites for hydroxylation is 1. The summed E-state index contributed by atoms with van der Waals surface area (Å²) in [4.78, 5) is 0. The largest absolute Gasteiger partial charge is 0.497 e. The zero-order chi connectivity index (χ0) is 15.2. The van der Waals surface area contributed by atoms with Crippen LogP contribution >= 0.6 is 15.9 Å². The quantitative estimate of drug-likeness (QED) is 0.816. The lowest BCUT2D eigenvalue weighted by molar-refractivity contribution is 0.413. The molecule has 0 saturated carbocycles. The third kappa shape index (κ3) is 3.86. The van der Waals surface area contributed by atoms with Crippen LogP contribution in [0.3, 0.4) is 0 Å². The number of hydrogen-bond acceptors (Lipinski definition) is 2. The Labute approximate surface area is 135 Å². The second kappa shape index (κ2) is 7.62. The van der Waals surface area contributed by atoms with E-state index in [4.69, 9.17) is 4.74 Å². The number of benzene rings is 2. The summed E-state index contributed by atoms with van der Waals surface area (Å²) in [6.45, 7) is 5.21. The van der Waals surface area contributed by atoms with Crippen LogP contribution in [0, 0.1) is 0 Å². The highest BCUT2D eigenvalue weighted by Crippen LogP contribution is 2.31. The fraction of sp³-hybridized carbons (Fsp3) is 0.333. The smallest absolute Gasteiger partial charge is 0.119 e. The van der Waals surface area contributed by atoms with Crippen LogP contribution in [0.15, 0.2) is 46.9 Å². The highest BCUT2D eigenvalue weighted by Gasteiger charge is 2.16. The second-order valence-corrected chi connectivity index (χ2v) is 5.83. The van der Waals surface area contributed by atoms with Crippen molar-refractivity contribution in [1.82, 2.24) is 5.32 Å². The van der Waals surface area contributed by atoms with E-state index in [1.54, 1.807) is 7.11 Å². The molecule has 3 heteroatoms. The number of methoxy groups -OCH3 is 1. The molecule has 0 aliphatic heterocycles. The van der Waals surface area contributed by atoms with Crippen LogP contribution in [0.25, 0.3) is 0 Å². The Balaban J connectivity index is 2.41. The SMILES string of the molecule is CCNC(c1ccc(CC)cc1)c1cc(OC)ccc1Br. The lowest BCUT2D eigenvalue weighted by Crippen LogP contribution is -2.22. The first-order chi connectivity index (χ1) is 10.2. The predicted octanol–water partition coefficient (Wildman–Crippen LogP) is 4.72. The van der Waals surface area contributed by atoms with Crippen LogP contribution in [-0.4, -0.2) is 13.7 Å². The maximum atomic E-state index is 5.36. The van der Waals surface area contributed by atoms with Crippen molar-refractivity contribution >= 4 is 15.9 Å². The minimum Gasteiger partial charge on any atom is -0.497 e. The van der Waals surface area contributed by atoms with Crippen LogP contribution in [0.2, 0.25) is 0 Å². The first-order valence-electron chi connectivity index (χ1n) is 7.35. The molecule has 0 bridgehead atoms. The molecule has 1 unspecified atom stereocenters. The highest BCUT2D eigenvalue weighted by molar-refractivity contribution is 9.10. The van der Waals surface area contributed by atoms with Gasteiger partial charge in [0.05, 0.1) is 13.2 Å². The van der Waals surface area contributed by atoms with Gasteiger partial charge >= 0.3 is 0 Å². The molecule has 112 valence electrons. The van der Waals surface area contributed by atoms with Gasteiger partial charge < -0.3 is 10.1 Å². The van der Waals surface area contributed by atoms with Crippen molar-refractivity contribution in [2.24, 2.45) is 0 Å². The van der Waals surface area contributed by atoms with Crippen LogP contribution in [0.5, 0.6) is 5.75 Å². The molecule has 2 nitrogen and oxygen atoms in total. The second-order valence-electron chi connectivity index (χ2n) is 4.97. The molecule has 0 saturated heterocycles. The zero-order valence-electron chi connectivity index (χ0n) is 12.8. The Hall–Kier alpha value is -1.32. The monoisotopic (exact) mass is 347 g/mol. The molecule has 0 spiro atoms. The van der Waals surface area contributed by atoms with Gasteiger partial charge in [0.25, 0.3) is 0 Å². The number of hydrogen-bond donors (Lipinski definition) is 1. The van der Waals surface area contributed by atoms with Gasteiger partial charge in [-0.1, -0.05) is 54.0 Å². The Morgan fingerprint density at radius 1 is 1.10 bits per heavy atom. The van der Waals surface area contributed by atoms with E-state index in [0.717, 1.165) is 23.2 Å². The Morgan fingerprint density at radius 3 is 2.38 bits per heavy atom. The van der Waals surface area contributed by atoms with Crippen LogP contribution in [0.1, 0.15) is 36.6 Å². The van der Waals surface area contributed by atoms with Crippen LogP contribution < -0.4 is 10.1 Å². The number of ether oxygens (including phenoxy) is 1. The molecule has 1 atom stereocenters. The van der Waals surface area contributed by atoms with Gasteiger partial charge in [-0.25, -0.2) is 0 Å². The third-order valence-corrected chi connectivity index (χ3v) is 4.37. The van der Waals surface area contributed by atoms with E-state index in [1.165, 1.54) is 16.7 Å². The van der Waals surface area contributed by atoms with Gasteiger partial charge in [0, 0.05) is 4.47 Å². The summed E-state index contributed by atoms with van der Waals surface area (Å²) in [6, 6.07) is 15.1. The average molecular weight is 348 g/mol. The minimum atomic E-state index is 0.158. The molecule has 2 aromatic carbocycles. The topological polar surface area (TPSA) is 21.3 Å². The summed E-state index contributed by atoms with van der Waals surface area (Å²) >= 11 is 3.66. The molecule has 2 rings (SSSR count). The Bertz CT molecular complexity index is 580. The third-order valence-electron chi connectivity index (χ3n) is 3.64. The molecule has 0 fully saturated rings. The van der Waals surface area contributed by atoms with E-state index < -0.39 is 0 Å². The van der Waals surface area contributed by atoms with Crippen molar-refractivity contribution < 1.29 is 4.74 Å². The van der Waals surface area contributed by atoms with Gasteiger partial charge in [0.1, 0.15) is 5.75 Å². The maximum absolute atomic E-state index is 5.36. The van der Waals surface area contributed by atoms with E-state index >= 15 is 0 Å². The maximum Gasteiger partial charge on any atom is 0.119 e. The number of rotatable bonds is 6. The summed E-state index contributed by atoms with van der Waals surface area (Å²) in [7, 11) is 1.70. The highest BCUT2D eigenvalue weighted by atomic mass is 79.9. The normalized spacial score (nSPS) is 12.2. The molecular formula is C18H22BrNO. The van der Waals surface area contributed by atoms with Crippen molar-refractivity contribution in [2.45, 2.75) is 26.3 Å². The van der Waals surface area contributed by atoms with E-state index in [-0.39, 0.29) is 6.04 Å². The van der Waals surface area contributed by atoms with Gasteiger partial charge in [-0.2, -0.15) is 0 Å². The average Bonchev–Trinajstić information content (AvgIpc) is 2.53. The summed E-state index contributed by atoms with van der Waals surface area (Å²) in [5, 5.41) is 3.56. The van der Waals surface area contributed by atoms with Crippen molar-refractivity contribution in [2.75, 3.05) is 13.7 Å². The Kier molecular flexibility index (Phi) is 5.83. The standard InChI is InChI=1S/C18H22BrNO/c1-4-13-6-8-14(9-7-13)18(20-5-2)16-12-15(21-3)10-11-17(16)19/h6-12,18,20H,4-5H2,1-3H3. The van der Waals surface area contributed by atoms with Crippen LogP contribution in [-0.2, 0) is 6.42 Å². The van der Waals surface area contributed by atoms with Crippen molar-refractivity contribution in [3.8, 4) is 5.75 Å². The lowest BCUT2D eigenvalue weighted by atomic mass is 9.97. The van der Waals surface area contributed by atoms with Crippen molar-refractivity contribution in [1.29, 1.82) is 0 Å².